The highest BCUT2D eigenvalue weighted by molar-refractivity contribution is 5.96. The molecule has 1 aromatic heterocycles. The van der Waals surface area contributed by atoms with E-state index in [1.807, 2.05) is 24.3 Å². The number of nitrogens with zero attached hydrogens (tertiary/aromatic N) is 4. The molecule has 7 aromatic rings. The predicted octanol–water partition coefficient (Wildman–Crippen LogP) is 11.6. The van der Waals surface area contributed by atoms with Crippen LogP contribution in [-0.4, -0.2) is 15.0 Å². The molecule has 0 amide bonds. The van der Waals surface area contributed by atoms with Crippen LogP contribution < -0.4 is 0 Å². The Balaban J connectivity index is 1.01. The highest BCUT2D eigenvalue weighted by Crippen LogP contribution is 2.63. The molecule has 0 aliphatic heterocycles. The number of hydrogen-bond acceptors (Lipinski definition) is 4. The summed E-state index contributed by atoms with van der Waals surface area (Å²) in [6.45, 7) is 0. The molecule has 0 radical (unpaired) electrons. The summed E-state index contributed by atoms with van der Waals surface area (Å²) in [7, 11) is 0. The van der Waals surface area contributed by atoms with E-state index in [2.05, 4.69) is 121 Å². The Morgan fingerprint density at radius 3 is 1.60 bits per heavy atom. The molecule has 55 heavy (non-hydrogen) atoms. The van der Waals surface area contributed by atoms with Gasteiger partial charge in [-0.25, -0.2) is 15.0 Å². The van der Waals surface area contributed by atoms with E-state index in [0.717, 1.165) is 40.0 Å². The summed E-state index contributed by atoms with van der Waals surface area (Å²) in [5, 5.41) is 10.0. The number of fused-ring (bicyclic) bond motifs is 10. The zero-order valence-electron chi connectivity index (χ0n) is 30.5. The van der Waals surface area contributed by atoms with Gasteiger partial charge in [0.2, 0.25) is 0 Å². The molecule has 4 nitrogen and oxygen atoms in total. The van der Waals surface area contributed by atoms with Crippen LogP contribution in [0.5, 0.6) is 0 Å². The quantitative estimate of drug-likeness (QED) is 0.183. The molecule has 13 rings (SSSR count). The van der Waals surface area contributed by atoms with E-state index in [0.29, 0.717) is 28.5 Å². The normalized spacial score (nSPS) is 24.6. The number of aromatic nitrogens is 3. The van der Waals surface area contributed by atoms with Crippen LogP contribution in [0.2, 0.25) is 0 Å². The Morgan fingerprint density at radius 2 is 0.964 bits per heavy atom. The van der Waals surface area contributed by atoms with Crippen molar-refractivity contribution in [3.63, 3.8) is 0 Å². The molecule has 4 heteroatoms. The minimum absolute atomic E-state index is 0.349. The molecule has 4 saturated carbocycles. The fourth-order valence-corrected chi connectivity index (χ4v) is 12.1. The number of nitriles is 1. The summed E-state index contributed by atoms with van der Waals surface area (Å²) in [5.41, 5.74) is 14.6. The maximum Gasteiger partial charge on any atom is 0.164 e. The molecular weight excluding hydrogens is 669 g/mol. The average molecular weight is 707 g/mol. The fraction of sp³-hybridized carbons (Fsp3) is 0.216. The van der Waals surface area contributed by atoms with Crippen LogP contribution in [0.3, 0.4) is 0 Å². The first-order chi connectivity index (χ1) is 27.1. The van der Waals surface area contributed by atoms with Gasteiger partial charge in [0.05, 0.1) is 17.0 Å². The Kier molecular flexibility index (Phi) is 6.48. The van der Waals surface area contributed by atoms with Crippen molar-refractivity contribution in [1.29, 1.82) is 5.26 Å². The second-order valence-corrected chi connectivity index (χ2v) is 16.9. The van der Waals surface area contributed by atoms with Crippen molar-refractivity contribution in [1.82, 2.24) is 15.0 Å². The van der Waals surface area contributed by atoms with Crippen molar-refractivity contribution in [2.24, 2.45) is 17.8 Å². The zero-order chi connectivity index (χ0) is 36.3. The monoisotopic (exact) mass is 706 g/mol. The topological polar surface area (TPSA) is 62.5 Å². The van der Waals surface area contributed by atoms with Crippen molar-refractivity contribution >= 4 is 0 Å². The lowest BCUT2D eigenvalue weighted by Gasteiger charge is -2.57. The molecule has 6 aliphatic carbocycles. The zero-order valence-corrected chi connectivity index (χ0v) is 30.5. The van der Waals surface area contributed by atoms with Crippen LogP contribution in [0.1, 0.15) is 71.9 Å². The largest absolute Gasteiger partial charge is 0.208 e. The third kappa shape index (κ3) is 4.41. The summed E-state index contributed by atoms with van der Waals surface area (Å²) in [5.74, 6) is 4.76. The molecular formula is C51H38N4. The Hall–Kier alpha value is -6.18. The van der Waals surface area contributed by atoms with Crippen LogP contribution in [0.25, 0.3) is 56.4 Å². The summed E-state index contributed by atoms with van der Waals surface area (Å²) < 4.78 is 0. The summed E-state index contributed by atoms with van der Waals surface area (Å²) in [6.07, 6.45) is 8.41. The first kappa shape index (κ1) is 31.2. The minimum Gasteiger partial charge on any atom is -0.208 e. The maximum atomic E-state index is 10.0. The van der Waals surface area contributed by atoms with Crippen LogP contribution in [-0.2, 0) is 10.8 Å². The van der Waals surface area contributed by atoms with Crippen molar-refractivity contribution in [2.45, 2.75) is 49.4 Å². The van der Waals surface area contributed by atoms with Crippen LogP contribution in [0.4, 0.5) is 0 Å². The standard InChI is InChI=1S/C51H38N4/c52-30-31-14-20-41-39-10-4-6-12-43(39)51(46(41)25-31)44-13-7-5-11-40(44)42-26-37(17-21-45(42)51)49-54-47(35-8-2-1-3-9-35)53-48(55-49)36-15-18-38(19-16-36)50-27-32-22-33(28-50)24-34(23-32)29-50/h1-21,25-26,32-34H,22-24,27-29H2. The van der Waals surface area contributed by atoms with Gasteiger partial charge in [-0.05, 0) is 130 Å². The highest BCUT2D eigenvalue weighted by atomic mass is 15.0. The van der Waals surface area contributed by atoms with Crippen molar-refractivity contribution in [2.75, 3.05) is 0 Å². The van der Waals surface area contributed by atoms with Crippen LogP contribution >= 0.6 is 0 Å². The molecule has 1 heterocycles. The Bertz CT molecular complexity index is 2720. The van der Waals surface area contributed by atoms with E-state index in [1.165, 1.54) is 83.0 Å². The van der Waals surface area contributed by atoms with Gasteiger partial charge in [0, 0.05) is 16.7 Å². The lowest BCUT2D eigenvalue weighted by atomic mass is 9.48. The van der Waals surface area contributed by atoms with Gasteiger partial charge >= 0.3 is 0 Å². The lowest BCUT2D eigenvalue weighted by Crippen LogP contribution is -2.48. The molecule has 0 saturated heterocycles. The number of rotatable bonds is 4. The maximum absolute atomic E-state index is 10.0. The van der Waals surface area contributed by atoms with Crippen LogP contribution in [0, 0.1) is 29.1 Å². The lowest BCUT2D eigenvalue weighted by molar-refractivity contribution is -0.00518. The predicted molar refractivity (Wildman–Crippen MR) is 217 cm³/mol. The molecule has 4 bridgehead atoms. The van der Waals surface area contributed by atoms with Gasteiger partial charge in [0.15, 0.2) is 17.5 Å². The molecule has 6 aromatic carbocycles. The van der Waals surface area contributed by atoms with E-state index >= 15 is 0 Å². The van der Waals surface area contributed by atoms with Gasteiger partial charge in [-0.1, -0.05) is 121 Å². The SMILES string of the molecule is N#Cc1ccc2c(c1)C1(c3ccccc3-c3cc(-c4nc(-c5ccccc5)nc(-c5ccc(C67CC8CC(CC(C8)C6)C7)cc5)n4)ccc31)c1ccccc1-2. The van der Waals surface area contributed by atoms with Crippen LogP contribution in [0.15, 0.2) is 140 Å². The van der Waals surface area contributed by atoms with E-state index in [4.69, 9.17) is 15.0 Å². The smallest absolute Gasteiger partial charge is 0.164 e. The van der Waals surface area contributed by atoms with Gasteiger partial charge in [-0.15, -0.1) is 0 Å². The molecule has 6 aliphatic rings. The average Bonchev–Trinajstić information content (AvgIpc) is 3.70. The molecule has 1 spiro atoms. The molecule has 4 fully saturated rings. The minimum atomic E-state index is -0.527. The highest BCUT2D eigenvalue weighted by Gasteiger charge is 2.53. The molecule has 262 valence electrons. The third-order valence-electron chi connectivity index (χ3n) is 13.9. The number of benzene rings is 6. The van der Waals surface area contributed by atoms with E-state index in [1.54, 1.807) is 0 Å². The Morgan fingerprint density at radius 1 is 0.455 bits per heavy atom. The van der Waals surface area contributed by atoms with Gasteiger partial charge in [-0.3, -0.25) is 0 Å². The van der Waals surface area contributed by atoms with E-state index in [-0.39, 0.29) is 0 Å². The summed E-state index contributed by atoms with van der Waals surface area (Å²) in [6, 6.07) is 52.4. The van der Waals surface area contributed by atoms with E-state index in [9.17, 15) is 5.26 Å². The molecule has 0 N–H and O–H groups in total. The summed E-state index contributed by atoms with van der Waals surface area (Å²) >= 11 is 0. The molecule has 1 atom stereocenters. The van der Waals surface area contributed by atoms with Gasteiger partial charge in [0.25, 0.3) is 0 Å². The third-order valence-corrected chi connectivity index (χ3v) is 13.9. The van der Waals surface area contributed by atoms with Crippen molar-refractivity contribution < 1.29 is 0 Å². The van der Waals surface area contributed by atoms with E-state index < -0.39 is 5.41 Å². The van der Waals surface area contributed by atoms with Crippen molar-refractivity contribution in [3.8, 4) is 62.5 Å². The fourth-order valence-electron chi connectivity index (χ4n) is 12.1. The second-order valence-electron chi connectivity index (χ2n) is 16.9. The first-order valence-corrected chi connectivity index (χ1v) is 19.9. The second kappa shape index (κ2) is 11.4. The van der Waals surface area contributed by atoms with Crippen molar-refractivity contribution in [3.05, 3.63) is 173 Å². The first-order valence-electron chi connectivity index (χ1n) is 19.9. The molecule has 1 unspecified atom stereocenters. The van der Waals surface area contributed by atoms with Gasteiger partial charge < -0.3 is 0 Å². The van der Waals surface area contributed by atoms with Gasteiger partial charge in [-0.2, -0.15) is 5.26 Å². The number of hydrogen-bond donors (Lipinski definition) is 0. The Labute approximate surface area is 321 Å². The van der Waals surface area contributed by atoms with Gasteiger partial charge in [0.1, 0.15) is 0 Å². The summed E-state index contributed by atoms with van der Waals surface area (Å²) in [4.78, 5) is 15.5.